The number of carbonyl (C=O) groups is 1. The van der Waals surface area contributed by atoms with Gasteiger partial charge in [0.1, 0.15) is 0 Å². The van der Waals surface area contributed by atoms with Gasteiger partial charge in [-0.2, -0.15) is 0 Å². The second kappa shape index (κ2) is 12.9. The lowest BCUT2D eigenvalue weighted by atomic mass is 9.96. The lowest BCUT2D eigenvalue weighted by molar-refractivity contribution is -0.140. The summed E-state index contributed by atoms with van der Waals surface area (Å²) in [7, 11) is 0. The molecule has 0 aromatic heterocycles. The van der Waals surface area contributed by atoms with Crippen LogP contribution in [0.15, 0.2) is 84.9 Å². The van der Waals surface area contributed by atoms with E-state index in [1.165, 1.54) is 41.5 Å². The van der Waals surface area contributed by atoms with E-state index in [0.29, 0.717) is 12.0 Å². The summed E-state index contributed by atoms with van der Waals surface area (Å²) in [6.07, 6.45) is 5.60. The fourth-order valence-electron chi connectivity index (χ4n) is 3.96. The van der Waals surface area contributed by atoms with Crippen LogP contribution < -0.4 is 0 Å². The van der Waals surface area contributed by atoms with E-state index in [9.17, 15) is 9.90 Å². The monoisotopic (exact) mass is 456 g/mol. The van der Waals surface area contributed by atoms with Crippen molar-refractivity contribution in [3.05, 3.63) is 96.1 Å². The standard InChI is InChI=1S/C31H36O3/c1-4-5-6-7-24-8-12-27(13-9-24)29-16-18-30(19-17-29)28-14-10-25(11-15-28)20-26(21-32)22-34-31(33)23(2)3/h8-19,26,32H,2,4-7,20-22H2,1,3H3. The van der Waals surface area contributed by atoms with Gasteiger partial charge in [0.25, 0.3) is 0 Å². The number of carbonyl (C=O) groups excluding carboxylic acids is 1. The Kier molecular flexibility index (Phi) is 9.66. The molecule has 0 saturated heterocycles. The van der Waals surface area contributed by atoms with Crippen molar-refractivity contribution in [3.8, 4) is 22.3 Å². The van der Waals surface area contributed by atoms with E-state index in [2.05, 4.69) is 86.3 Å². The molecule has 0 bridgehead atoms. The maximum Gasteiger partial charge on any atom is 0.333 e. The number of unbranched alkanes of at least 4 members (excludes halogenated alkanes) is 2. The van der Waals surface area contributed by atoms with Crippen LogP contribution >= 0.6 is 0 Å². The number of rotatable bonds is 12. The van der Waals surface area contributed by atoms with Gasteiger partial charge < -0.3 is 9.84 Å². The Labute approximate surface area is 204 Å². The Balaban J connectivity index is 1.59. The third kappa shape index (κ3) is 7.43. The molecule has 1 atom stereocenters. The SMILES string of the molecule is C=C(C)C(=O)OCC(CO)Cc1ccc(-c2ccc(-c3ccc(CCCCC)cc3)cc2)cc1. The Hall–Kier alpha value is -3.17. The first-order valence-corrected chi connectivity index (χ1v) is 12.2. The Morgan fingerprint density at radius 3 is 1.74 bits per heavy atom. The van der Waals surface area contributed by atoms with Crippen molar-refractivity contribution in [2.75, 3.05) is 13.2 Å². The smallest absolute Gasteiger partial charge is 0.333 e. The molecule has 34 heavy (non-hydrogen) atoms. The summed E-state index contributed by atoms with van der Waals surface area (Å²) in [5.41, 5.74) is 7.65. The van der Waals surface area contributed by atoms with E-state index < -0.39 is 5.97 Å². The highest BCUT2D eigenvalue weighted by atomic mass is 16.5. The highest BCUT2D eigenvalue weighted by Crippen LogP contribution is 2.26. The number of ether oxygens (including phenoxy) is 1. The van der Waals surface area contributed by atoms with Gasteiger partial charge in [0, 0.05) is 18.1 Å². The Morgan fingerprint density at radius 1 is 0.824 bits per heavy atom. The summed E-state index contributed by atoms with van der Waals surface area (Å²) < 4.78 is 5.20. The minimum Gasteiger partial charge on any atom is -0.462 e. The average Bonchev–Trinajstić information content (AvgIpc) is 2.87. The van der Waals surface area contributed by atoms with Crippen LogP contribution in [0.25, 0.3) is 22.3 Å². The molecule has 0 radical (unpaired) electrons. The van der Waals surface area contributed by atoms with Crippen molar-refractivity contribution in [1.29, 1.82) is 0 Å². The number of aliphatic hydroxyl groups excluding tert-OH is 1. The lowest BCUT2D eigenvalue weighted by Crippen LogP contribution is -2.19. The van der Waals surface area contributed by atoms with Crippen LogP contribution in [0.5, 0.6) is 0 Å². The number of esters is 1. The van der Waals surface area contributed by atoms with Crippen LogP contribution in [-0.4, -0.2) is 24.3 Å². The van der Waals surface area contributed by atoms with E-state index in [4.69, 9.17) is 4.74 Å². The molecule has 0 aliphatic heterocycles. The quantitative estimate of drug-likeness (QED) is 0.181. The summed E-state index contributed by atoms with van der Waals surface area (Å²) in [6, 6.07) is 25.9. The summed E-state index contributed by atoms with van der Waals surface area (Å²) in [5.74, 6) is -0.549. The van der Waals surface area contributed by atoms with Crippen molar-refractivity contribution >= 4 is 5.97 Å². The predicted octanol–water partition coefficient (Wildman–Crippen LogP) is 7.02. The molecule has 3 nitrogen and oxygen atoms in total. The molecule has 0 amide bonds. The molecular weight excluding hydrogens is 420 g/mol. The highest BCUT2D eigenvalue weighted by Gasteiger charge is 2.13. The first-order chi connectivity index (χ1) is 16.5. The normalized spacial score (nSPS) is 11.7. The van der Waals surface area contributed by atoms with Crippen LogP contribution in [0.1, 0.15) is 44.2 Å². The molecule has 3 aromatic carbocycles. The maximum absolute atomic E-state index is 11.6. The first kappa shape index (κ1) is 25.5. The second-order valence-electron chi connectivity index (χ2n) is 9.06. The van der Waals surface area contributed by atoms with E-state index in [-0.39, 0.29) is 19.1 Å². The predicted molar refractivity (Wildman–Crippen MR) is 141 cm³/mol. The van der Waals surface area contributed by atoms with E-state index in [1.807, 2.05) is 0 Å². The van der Waals surface area contributed by atoms with Gasteiger partial charge in [-0.1, -0.05) is 99.1 Å². The molecule has 3 aromatic rings. The number of benzene rings is 3. The Morgan fingerprint density at radius 2 is 1.29 bits per heavy atom. The molecule has 0 spiro atoms. The molecule has 0 saturated carbocycles. The zero-order valence-corrected chi connectivity index (χ0v) is 20.4. The molecular formula is C31H36O3. The van der Waals surface area contributed by atoms with Crippen molar-refractivity contribution in [2.45, 2.75) is 46.0 Å². The summed E-state index contributed by atoms with van der Waals surface area (Å²) in [5, 5.41) is 9.64. The molecule has 0 heterocycles. The van der Waals surface area contributed by atoms with Crippen LogP contribution in [0.3, 0.4) is 0 Å². The average molecular weight is 457 g/mol. The maximum atomic E-state index is 11.6. The number of hydrogen-bond donors (Lipinski definition) is 1. The third-order valence-electron chi connectivity index (χ3n) is 6.11. The van der Waals surface area contributed by atoms with Gasteiger partial charge in [0.05, 0.1) is 6.61 Å². The zero-order chi connectivity index (χ0) is 24.3. The van der Waals surface area contributed by atoms with Gasteiger partial charge in [-0.05, 0) is 59.6 Å². The number of aliphatic hydroxyl groups is 1. The van der Waals surface area contributed by atoms with Gasteiger partial charge in [-0.15, -0.1) is 0 Å². The minimum absolute atomic E-state index is 0.0353. The van der Waals surface area contributed by atoms with Crippen LogP contribution in [0.2, 0.25) is 0 Å². The fraction of sp³-hybridized carbons (Fsp3) is 0.323. The highest BCUT2D eigenvalue weighted by molar-refractivity contribution is 5.86. The first-order valence-electron chi connectivity index (χ1n) is 12.2. The van der Waals surface area contributed by atoms with Gasteiger partial charge >= 0.3 is 5.97 Å². The Bertz CT molecular complexity index is 1050. The number of hydrogen-bond acceptors (Lipinski definition) is 3. The van der Waals surface area contributed by atoms with Crippen LogP contribution in [0, 0.1) is 5.92 Å². The summed E-state index contributed by atoms with van der Waals surface area (Å²) in [6.45, 7) is 7.59. The molecule has 1 unspecified atom stereocenters. The van der Waals surface area contributed by atoms with Crippen molar-refractivity contribution < 1.29 is 14.6 Å². The zero-order valence-electron chi connectivity index (χ0n) is 20.4. The van der Waals surface area contributed by atoms with E-state index >= 15 is 0 Å². The lowest BCUT2D eigenvalue weighted by Gasteiger charge is -2.15. The topological polar surface area (TPSA) is 46.5 Å². The van der Waals surface area contributed by atoms with Gasteiger partial charge in [-0.3, -0.25) is 0 Å². The van der Waals surface area contributed by atoms with Crippen molar-refractivity contribution in [1.82, 2.24) is 0 Å². The molecule has 0 aliphatic carbocycles. The molecule has 178 valence electrons. The third-order valence-corrected chi connectivity index (χ3v) is 6.11. The summed E-state index contributed by atoms with van der Waals surface area (Å²) >= 11 is 0. The van der Waals surface area contributed by atoms with Crippen LogP contribution in [-0.2, 0) is 22.4 Å². The number of aryl methyl sites for hydroxylation is 1. The molecule has 3 heteroatoms. The molecule has 0 aliphatic rings. The van der Waals surface area contributed by atoms with Crippen molar-refractivity contribution in [3.63, 3.8) is 0 Å². The van der Waals surface area contributed by atoms with Crippen molar-refractivity contribution in [2.24, 2.45) is 5.92 Å². The van der Waals surface area contributed by atoms with Gasteiger partial charge in [0.15, 0.2) is 0 Å². The largest absolute Gasteiger partial charge is 0.462 e. The van der Waals surface area contributed by atoms with E-state index in [1.54, 1.807) is 6.92 Å². The fourth-order valence-corrected chi connectivity index (χ4v) is 3.96. The van der Waals surface area contributed by atoms with E-state index in [0.717, 1.165) is 17.5 Å². The molecule has 0 fully saturated rings. The molecule has 1 N–H and O–H groups in total. The second-order valence-corrected chi connectivity index (χ2v) is 9.06. The summed E-state index contributed by atoms with van der Waals surface area (Å²) in [4.78, 5) is 11.6. The van der Waals surface area contributed by atoms with Gasteiger partial charge in [0.2, 0.25) is 0 Å². The van der Waals surface area contributed by atoms with Gasteiger partial charge in [-0.25, -0.2) is 4.79 Å². The molecule has 3 rings (SSSR count). The van der Waals surface area contributed by atoms with Crippen LogP contribution in [0.4, 0.5) is 0 Å². The minimum atomic E-state index is -0.417.